The minimum Gasteiger partial charge on any atom is -0.493 e. The molecule has 0 aliphatic heterocycles. The monoisotopic (exact) mass is 295 g/mol. The number of ether oxygens (including phenoxy) is 2. The normalized spacial score (nSPS) is 10.2. The first kappa shape index (κ1) is 14.2. The molecular formula is C13H14ClN3O3. The Labute approximate surface area is 120 Å². The second kappa shape index (κ2) is 6.29. The zero-order valence-corrected chi connectivity index (χ0v) is 11.8. The van der Waals surface area contributed by atoms with Crippen LogP contribution in [0, 0.1) is 0 Å². The number of aromatic nitrogens is 2. The molecule has 1 aromatic carbocycles. The summed E-state index contributed by atoms with van der Waals surface area (Å²) in [7, 11) is 3.16. The van der Waals surface area contributed by atoms with Crippen molar-refractivity contribution in [1.82, 2.24) is 10.2 Å². The van der Waals surface area contributed by atoms with Crippen LogP contribution in [0.3, 0.4) is 0 Å². The molecule has 0 aliphatic carbocycles. The number of nitrogens with zero attached hydrogens (tertiary/aromatic N) is 1. The highest BCUT2D eigenvalue weighted by Crippen LogP contribution is 2.28. The molecule has 0 spiro atoms. The molecule has 1 heterocycles. The number of anilines is 1. The van der Waals surface area contributed by atoms with E-state index in [1.165, 1.54) is 6.20 Å². The number of nitrogens with one attached hydrogen (secondary N) is 2. The van der Waals surface area contributed by atoms with E-state index in [4.69, 9.17) is 21.1 Å². The molecule has 0 fully saturated rings. The van der Waals surface area contributed by atoms with Crippen molar-refractivity contribution in [2.75, 3.05) is 19.5 Å². The van der Waals surface area contributed by atoms with Gasteiger partial charge in [0.2, 0.25) is 0 Å². The maximum atomic E-state index is 11.3. The summed E-state index contributed by atoms with van der Waals surface area (Å²) in [6.07, 6.45) is 1.46. The third-order valence-electron chi connectivity index (χ3n) is 2.73. The number of H-pyrrole nitrogens is 1. The number of aromatic amines is 1. The number of halogens is 1. The summed E-state index contributed by atoms with van der Waals surface area (Å²) in [6.45, 7) is 0.477. The molecular weight excluding hydrogens is 282 g/mol. The van der Waals surface area contributed by atoms with E-state index in [2.05, 4.69) is 15.5 Å². The Bertz CT molecular complexity index is 658. The third kappa shape index (κ3) is 3.03. The van der Waals surface area contributed by atoms with Crippen molar-refractivity contribution >= 4 is 17.3 Å². The zero-order valence-electron chi connectivity index (χ0n) is 11.1. The number of benzene rings is 1. The highest BCUT2D eigenvalue weighted by Gasteiger charge is 2.07. The summed E-state index contributed by atoms with van der Waals surface area (Å²) in [5, 5.41) is 9.08. The number of hydrogen-bond acceptors (Lipinski definition) is 5. The third-order valence-corrected chi connectivity index (χ3v) is 3.10. The van der Waals surface area contributed by atoms with Crippen molar-refractivity contribution in [2.24, 2.45) is 0 Å². The smallest absolute Gasteiger partial charge is 0.285 e. The Morgan fingerprint density at radius 3 is 2.75 bits per heavy atom. The molecule has 0 saturated heterocycles. The van der Waals surface area contributed by atoms with Crippen LogP contribution in [0.4, 0.5) is 5.69 Å². The average molecular weight is 296 g/mol. The van der Waals surface area contributed by atoms with Gasteiger partial charge in [-0.3, -0.25) is 4.79 Å². The van der Waals surface area contributed by atoms with Crippen molar-refractivity contribution < 1.29 is 9.47 Å². The molecule has 1 aromatic heterocycles. The van der Waals surface area contributed by atoms with Crippen LogP contribution in [0.1, 0.15) is 5.56 Å². The molecule has 0 amide bonds. The Balaban J connectivity index is 2.15. The molecule has 0 radical (unpaired) electrons. The second-order valence-electron chi connectivity index (χ2n) is 3.97. The van der Waals surface area contributed by atoms with E-state index in [0.29, 0.717) is 23.7 Å². The molecule has 0 bridgehead atoms. The summed E-state index contributed by atoms with van der Waals surface area (Å²) in [5.74, 6) is 1.30. The largest absolute Gasteiger partial charge is 0.493 e. The SMILES string of the molecule is COc1ccc(CNc2cn[nH]c(=O)c2Cl)cc1OC. The van der Waals surface area contributed by atoms with Crippen LogP contribution in [0.5, 0.6) is 11.5 Å². The van der Waals surface area contributed by atoms with Gasteiger partial charge in [-0.05, 0) is 17.7 Å². The van der Waals surface area contributed by atoms with Crippen LogP contribution in [0.2, 0.25) is 5.02 Å². The highest BCUT2D eigenvalue weighted by atomic mass is 35.5. The molecule has 0 aliphatic rings. The van der Waals surface area contributed by atoms with Crippen molar-refractivity contribution in [3.05, 3.63) is 45.3 Å². The molecule has 2 aromatic rings. The summed E-state index contributed by atoms with van der Waals surface area (Å²) in [6, 6.07) is 5.55. The van der Waals surface area contributed by atoms with Gasteiger partial charge in [0.05, 0.1) is 26.1 Å². The molecule has 2 rings (SSSR count). The van der Waals surface area contributed by atoms with Crippen LogP contribution in [-0.4, -0.2) is 24.4 Å². The summed E-state index contributed by atoms with van der Waals surface area (Å²) < 4.78 is 10.4. The van der Waals surface area contributed by atoms with E-state index in [1.807, 2.05) is 18.2 Å². The lowest BCUT2D eigenvalue weighted by atomic mass is 10.2. The first-order valence-corrected chi connectivity index (χ1v) is 6.21. The summed E-state index contributed by atoms with van der Waals surface area (Å²) >= 11 is 5.87. The van der Waals surface area contributed by atoms with E-state index in [9.17, 15) is 4.79 Å². The minimum absolute atomic E-state index is 0.0838. The molecule has 106 valence electrons. The predicted octanol–water partition coefficient (Wildman–Crippen LogP) is 2.05. The molecule has 0 saturated carbocycles. The van der Waals surface area contributed by atoms with Gasteiger partial charge in [0.25, 0.3) is 5.56 Å². The van der Waals surface area contributed by atoms with Gasteiger partial charge >= 0.3 is 0 Å². The summed E-state index contributed by atoms with van der Waals surface area (Å²) in [4.78, 5) is 11.3. The average Bonchev–Trinajstić information content (AvgIpc) is 2.48. The number of hydrogen-bond donors (Lipinski definition) is 2. The van der Waals surface area contributed by atoms with Gasteiger partial charge in [0, 0.05) is 6.54 Å². The standard InChI is InChI=1S/C13H14ClN3O3/c1-19-10-4-3-8(5-11(10)20-2)6-15-9-7-16-17-13(18)12(9)14/h3-5,7H,6H2,1-2H3,(H2,15,17,18). The molecule has 0 atom stereocenters. The van der Waals surface area contributed by atoms with E-state index in [0.717, 1.165) is 5.56 Å². The van der Waals surface area contributed by atoms with Crippen LogP contribution in [-0.2, 0) is 6.54 Å². The number of methoxy groups -OCH3 is 2. The Morgan fingerprint density at radius 2 is 2.05 bits per heavy atom. The first-order chi connectivity index (χ1) is 9.65. The maximum Gasteiger partial charge on any atom is 0.285 e. The van der Waals surface area contributed by atoms with Crippen molar-refractivity contribution in [3.8, 4) is 11.5 Å². The topological polar surface area (TPSA) is 76.2 Å². The van der Waals surface area contributed by atoms with Crippen LogP contribution in [0.15, 0.2) is 29.2 Å². The second-order valence-corrected chi connectivity index (χ2v) is 4.35. The predicted molar refractivity (Wildman–Crippen MR) is 76.7 cm³/mol. The van der Waals surface area contributed by atoms with Crippen LogP contribution in [0.25, 0.3) is 0 Å². The zero-order chi connectivity index (χ0) is 14.5. The van der Waals surface area contributed by atoms with Gasteiger partial charge < -0.3 is 14.8 Å². The van der Waals surface area contributed by atoms with Gasteiger partial charge in [-0.25, -0.2) is 5.10 Å². The quantitative estimate of drug-likeness (QED) is 0.883. The van der Waals surface area contributed by atoms with E-state index in [1.54, 1.807) is 14.2 Å². The van der Waals surface area contributed by atoms with Crippen molar-refractivity contribution in [3.63, 3.8) is 0 Å². The molecule has 20 heavy (non-hydrogen) atoms. The minimum atomic E-state index is -0.427. The lowest BCUT2D eigenvalue weighted by Gasteiger charge is -2.11. The van der Waals surface area contributed by atoms with Crippen LogP contribution >= 0.6 is 11.6 Å². The van der Waals surface area contributed by atoms with E-state index >= 15 is 0 Å². The van der Waals surface area contributed by atoms with Gasteiger partial charge in [-0.15, -0.1) is 0 Å². The van der Waals surface area contributed by atoms with E-state index < -0.39 is 5.56 Å². The first-order valence-electron chi connectivity index (χ1n) is 5.83. The van der Waals surface area contributed by atoms with Crippen LogP contribution < -0.4 is 20.3 Å². The summed E-state index contributed by atoms with van der Waals surface area (Å²) in [5.41, 5.74) is 1.01. The fourth-order valence-corrected chi connectivity index (χ4v) is 1.85. The molecule has 2 N–H and O–H groups in total. The lowest BCUT2D eigenvalue weighted by molar-refractivity contribution is 0.354. The molecule has 6 nitrogen and oxygen atoms in total. The van der Waals surface area contributed by atoms with Crippen molar-refractivity contribution in [2.45, 2.75) is 6.54 Å². The van der Waals surface area contributed by atoms with Crippen molar-refractivity contribution in [1.29, 1.82) is 0 Å². The Kier molecular flexibility index (Phi) is 4.47. The van der Waals surface area contributed by atoms with Gasteiger partial charge in [-0.2, -0.15) is 5.10 Å². The highest BCUT2D eigenvalue weighted by molar-refractivity contribution is 6.32. The van der Waals surface area contributed by atoms with Gasteiger partial charge in [0.1, 0.15) is 5.02 Å². The lowest BCUT2D eigenvalue weighted by Crippen LogP contribution is -2.11. The molecule has 0 unspecified atom stereocenters. The van der Waals surface area contributed by atoms with Gasteiger partial charge in [0.15, 0.2) is 11.5 Å². The number of rotatable bonds is 5. The Morgan fingerprint density at radius 1 is 1.30 bits per heavy atom. The fraction of sp³-hybridized carbons (Fsp3) is 0.231. The van der Waals surface area contributed by atoms with Gasteiger partial charge in [-0.1, -0.05) is 17.7 Å². The Hall–Kier alpha value is -2.21. The van der Waals surface area contributed by atoms with E-state index in [-0.39, 0.29) is 5.02 Å². The maximum absolute atomic E-state index is 11.3. The fourth-order valence-electron chi connectivity index (χ4n) is 1.69. The molecule has 7 heteroatoms.